The Kier molecular flexibility index (Phi) is 4.90. The Hall–Kier alpha value is -2.60. The Bertz CT molecular complexity index is 797. The zero-order chi connectivity index (χ0) is 17.9. The summed E-state index contributed by atoms with van der Waals surface area (Å²) >= 11 is 0. The van der Waals surface area contributed by atoms with E-state index in [1.165, 1.54) is 7.11 Å². The van der Waals surface area contributed by atoms with E-state index in [4.69, 9.17) is 4.74 Å². The van der Waals surface area contributed by atoms with Crippen molar-refractivity contribution in [2.45, 2.75) is 37.6 Å². The van der Waals surface area contributed by atoms with E-state index in [-0.39, 0.29) is 0 Å². The lowest BCUT2D eigenvalue weighted by Crippen LogP contribution is -2.59. The molecule has 2 aromatic rings. The van der Waals surface area contributed by atoms with Crippen molar-refractivity contribution in [2.75, 3.05) is 7.11 Å². The Morgan fingerprint density at radius 1 is 1.08 bits per heavy atom. The molecule has 0 bridgehead atoms. The lowest BCUT2D eigenvalue weighted by Gasteiger charge is -2.34. The number of fused-ring (bicyclic) bond motifs is 1. The molecule has 3 rings (SSSR count). The molecule has 1 aliphatic carbocycles. The molecule has 0 aliphatic heterocycles. The molecule has 0 unspecified atom stereocenters. The number of aliphatic carboxylic acids is 1. The maximum atomic E-state index is 12.6. The van der Waals surface area contributed by atoms with Crippen molar-refractivity contribution in [3.63, 3.8) is 0 Å². The van der Waals surface area contributed by atoms with E-state index in [1.54, 1.807) is 12.1 Å². The van der Waals surface area contributed by atoms with E-state index in [2.05, 4.69) is 10.9 Å². The third-order valence-electron chi connectivity index (χ3n) is 4.84. The zero-order valence-corrected chi connectivity index (χ0v) is 14.2. The number of carbonyl (C=O) groups excluding carboxylic acids is 1. The summed E-state index contributed by atoms with van der Waals surface area (Å²) in [6.45, 7) is 0. The van der Waals surface area contributed by atoms with Gasteiger partial charge in [0.2, 0.25) is 0 Å². The van der Waals surface area contributed by atoms with Gasteiger partial charge in [0.05, 0.1) is 12.7 Å². The van der Waals surface area contributed by atoms with E-state index < -0.39 is 17.4 Å². The van der Waals surface area contributed by atoms with Crippen molar-refractivity contribution in [3.8, 4) is 5.75 Å². The van der Waals surface area contributed by atoms with Gasteiger partial charge in [0.15, 0.2) is 0 Å². The minimum atomic E-state index is -1.10. The first kappa shape index (κ1) is 17.2. The molecule has 6 nitrogen and oxygen atoms in total. The smallest absolute Gasteiger partial charge is 0.325 e. The van der Waals surface area contributed by atoms with Crippen molar-refractivity contribution in [3.05, 3.63) is 42.0 Å². The number of ether oxygens (including phenoxy) is 1. The van der Waals surface area contributed by atoms with Crippen LogP contribution in [0.3, 0.4) is 0 Å². The SMILES string of the molecule is COc1cc2ccccc2cc1C(=O)NNC1(C(=O)O)CCCCC1. The maximum absolute atomic E-state index is 12.6. The lowest BCUT2D eigenvalue weighted by atomic mass is 9.82. The second kappa shape index (κ2) is 7.11. The van der Waals surface area contributed by atoms with Gasteiger partial charge in [-0.15, -0.1) is 0 Å². The van der Waals surface area contributed by atoms with Crippen LogP contribution in [0.5, 0.6) is 5.75 Å². The van der Waals surface area contributed by atoms with Gasteiger partial charge >= 0.3 is 5.97 Å². The van der Waals surface area contributed by atoms with Crippen LogP contribution in [-0.2, 0) is 4.79 Å². The highest BCUT2D eigenvalue weighted by molar-refractivity contribution is 6.01. The molecule has 1 saturated carbocycles. The minimum Gasteiger partial charge on any atom is -0.496 e. The van der Waals surface area contributed by atoms with Gasteiger partial charge in [-0.1, -0.05) is 43.5 Å². The molecule has 132 valence electrons. The number of amides is 1. The summed E-state index contributed by atoms with van der Waals surface area (Å²) in [5.41, 5.74) is 4.62. The molecule has 2 aromatic carbocycles. The fourth-order valence-corrected chi connectivity index (χ4v) is 3.36. The summed E-state index contributed by atoms with van der Waals surface area (Å²) in [5.74, 6) is -0.891. The number of hydrogen-bond acceptors (Lipinski definition) is 4. The van der Waals surface area contributed by atoms with Crippen LogP contribution in [-0.4, -0.2) is 29.6 Å². The van der Waals surface area contributed by atoms with Crippen LogP contribution in [0.4, 0.5) is 0 Å². The molecule has 0 spiro atoms. The van der Waals surface area contributed by atoms with Crippen molar-refractivity contribution in [2.24, 2.45) is 0 Å². The fourth-order valence-electron chi connectivity index (χ4n) is 3.36. The van der Waals surface area contributed by atoms with Crippen LogP contribution in [0, 0.1) is 0 Å². The lowest BCUT2D eigenvalue weighted by molar-refractivity contribution is -0.146. The maximum Gasteiger partial charge on any atom is 0.325 e. The fraction of sp³-hybridized carbons (Fsp3) is 0.368. The topological polar surface area (TPSA) is 87.7 Å². The standard InChI is InChI=1S/C19H22N2O4/c1-25-16-12-14-8-4-3-7-13(14)11-15(16)17(22)20-21-19(18(23)24)9-5-2-6-10-19/h3-4,7-8,11-12,21H,2,5-6,9-10H2,1H3,(H,20,22)(H,23,24). The summed E-state index contributed by atoms with van der Waals surface area (Å²) in [5, 5.41) is 11.5. The predicted molar refractivity (Wildman–Crippen MR) is 94.6 cm³/mol. The molecular formula is C19H22N2O4. The van der Waals surface area contributed by atoms with Gasteiger partial charge in [-0.2, -0.15) is 0 Å². The summed E-state index contributed by atoms with van der Waals surface area (Å²) < 4.78 is 5.33. The van der Waals surface area contributed by atoms with Gasteiger partial charge in [0.1, 0.15) is 11.3 Å². The summed E-state index contributed by atoms with van der Waals surface area (Å²) in [6.07, 6.45) is 3.67. The number of carbonyl (C=O) groups is 2. The number of carboxylic acids is 1. The number of rotatable bonds is 5. The number of hydrazine groups is 1. The molecule has 25 heavy (non-hydrogen) atoms. The van der Waals surface area contributed by atoms with Crippen LogP contribution < -0.4 is 15.6 Å². The third kappa shape index (κ3) is 3.44. The zero-order valence-electron chi connectivity index (χ0n) is 14.2. The van der Waals surface area contributed by atoms with Crippen LogP contribution in [0.2, 0.25) is 0 Å². The molecule has 6 heteroatoms. The largest absolute Gasteiger partial charge is 0.496 e. The molecule has 0 atom stereocenters. The summed E-state index contributed by atoms with van der Waals surface area (Å²) in [4.78, 5) is 24.3. The predicted octanol–water partition coefficient (Wildman–Crippen LogP) is 2.87. The monoisotopic (exact) mass is 342 g/mol. The Morgan fingerprint density at radius 2 is 1.72 bits per heavy atom. The average Bonchev–Trinajstić information content (AvgIpc) is 2.65. The average molecular weight is 342 g/mol. The molecule has 0 heterocycles. The van der Waals surface area contributed by atoms with Gasteiger partial charge in [-0.25, -0.2) is 5.43 Å². The number of methoxy groups -OCH3 is 1. The van der Waals surface area contributed by atoms with Crippen molar-refractivity contribution in [1.29, 1.82) is 0 Å². The van der Waals surface area contributed by atoms with E-state index in [1.807, 2.05) is 24.3 Å². The van der Waals surface area contributed by atoms with E-state index in [0.29, 0.717) is 24.2 Å². The first-order valence-corrected chi connectivity index (χ1v) is 8.43. The summed E-state index contributed by atoms with van der Waals surface area (Å²) in [7, 11) is 1.51. The van der Waals surface area contributed by atoms with Crippen LogP contribution in [0.25, 0.3) is 10.8 Å². The van der Waals surface area contributed by atoms with Crippen LogP contribution >= 0.6 is 0 Å². The molecule has 1 fully saturated rings. The van der Waals surface area contributed by atoms with Crippen molar-refractivity contribution < 1.29 is 19.4 Å². The number of carboxylic acid groups (broad SMARTS) is 1. The van der Waals surface area contributed by atoms with E-state index in [9.17, 15) is 14.7 Å². The van der Waals surface area contributed by atoms with Gasteiger partial charge in [-0.05, 0) is 35.7 Å². The van der Waals surface area contributed by atoms with Gasteiger partial charge in [0.25, 0.3) is 5.91 Å². The molecule has 1 aliphatic rings. The Labute approximate surface area is 146 Å². The van der Waals surface area contributed by atoms with Crippen LogP contribution in [0.1, 0.15) is 42.5 Å². The second-order valence-corrected chi connectivity index (χ2v) is 6.43. The Morgan fingerprint density at radius 3 is 2.32 bits per heavy atom. The van der Waals surface area contributed by atoms with Gasteiger partial charge in [0, 0.05) is 0 Å². The number of hydrogen-bond donors (Lipinski definition) is 3. The first-order chi connectivity index (χ1) is 12.1. The van der Waals surface area contributed by atoms with Gasteiger partial charge < -0.3 is 9.84 Å². The first-order valence-electron chi connectivity index (χ1n) is 8.43. The summed E-state index contributed by atoms with van der Waals surface area (Å²) in [6, 6.07) is 11.2. The molecule has 0 aromatic heterocycles. The van der Waals surface area contributed by atoms with Crippen molar-refractivity contribution in [1.82, 2.24) is 10.9 Å². The van der Waals surface area contributed by atoms with E-state index in [0.717, 1.165) is 30.0 Å². The third-order valence-corrected chi connectivity index (χ3v) is 4.84. The second-order valence-electron chi connectivity index (χ2n) is 6.43. The van der Waals surface area contributed by atoms with Gasteiger partial charge in [-0.3, -0.25) is 15.0 Å². The molecular weight excluding hydrogens is 320 g/mol. The van der Waals surface area contributed by atoms with E-state index >= 15 is 0 Å². The quantitative estimate of drug-likeness (QED) is 0.727. The number of nitrogens with one attached hydrogen (secondary N) is 2. The minimum absolute atomic E-state index is 0.366. The van der Waals surface area contributed by atoms with Crippen LogP contribution in [0.15, 0.2) is 36.4 Å². The molecule has 1 amide bonds. The number of benzene rings is 2. The van der Waals surface area contributed by atoms with Crippen molar-refractivity contribution >= 4 is 22.6 Å². The highest BCUT2D eigenvalue weighted by atomic mass is 16.5. The highest BCUT2D eigenvalue weighted by Crippen LogP contribution is 2.29. The molecule has 3 N–H and O–H groups in total. The Balaban J connectivity index is 1.83. The normalized spacial score (nSPS) is 16.4. The molecule has 0 radical (unpaired) electrons. The molecule has 0 saturated heterocycles. The highest BCUT2D eigenvalue weighted by Gasteiger charge is 2.40.